The molecule has 0 aliphatic carbocycles. The SMILES string of the molecule is CCOc1ccc(-c2noc(-c3nnn(-c4ccc(OC)cc4)c3N)n2)cc1. The number of hydrogen-bond donors (Lipinski definition) is 1. The van der Waals surface area contributed by atoms with E-state index < -0.39 is 0 Å². The number of nitrogens with two attached hydrogens (primary N) is 1. The fraction of sp³-hybridized carbons (Fsp3) is 0.158. The van der Waals surface area contributed by atoms with Crippen molar-refractivity contribution in [1.82, 2.24) is 25.1 Å². The van der Waals surface area contributed by atoms with Gasteiger partial charge in [-0.15, -0.1) is 5.10 Å². The Morgan fingerprint density at radius 1 is 1.04 bits per heavy atom. The number of rotatable bonds is 6. The van der Waals surface area contributed by atoms with Crippen molar-refractivity contribution >= 4 is 5.82 Å². The van der Waals surface area contributed by atoms with Crippen LogP contribution in [0.3, 0.4) is 0 Å². The molecule has 0 bridgehead atoms. The Hall–Kier alpha value is -3.88. The summed E-state index contributed by atoms with van der Waals surface area (Å²) in [7, 11) is 1.61. The van der Waals surface area contributed by atoms with Crippen LogP contribution >= 0.6 is 0 Å². The van der Waals surface area contributed by atoms with Crippen molar-refractivity contribution in [3.05, 3.63) is 48.5 Å². The van der Waals surface area contributed by atoms with Crippen molar-refractivity contribution in [3.63, 3.8) is 0 Å². The van der Waals surface area contributed by atoms with Gasteiger partial charge in [-0.2, -0.15) is 9.67 Å². The topological polar surface area (TPSA) is 114 Å². The Bertz CT molecular complexity index is 1070. The first-order valence-corrected chi connectivity index (χ1v) is 8.62. The highest BCUT2D eigenvalue weighted by atomic mass is 16.5. The van der Waals surface area contributed by atoms with Crippen LogP contribution in [0.4, 0.5) is 5.82 Å². The zero-order chi connectivity index (χ0) is 19.5. The van der Waals surface area contributed by atoms with Crippen LogP contribution in [-0.4, -0.2) is 38.9 Å². The third kappa shape index (κ3) is 3.25. The lowest BCUT2D eigenvalue weighted by Gasteiger charge is -2.04. The van der Waals surface area contributed by atoms with Gasteiger partial charge < -0.3 is 19.7 Å². The number of nitrogens with zero attached hydrogens (tertiary/aromatic N) is 5. The standard InChI is InChI=1S/C19H18N6O3/c1-3-27-15-8-4-12(5-9-15)18-21-19(28-23-18)16-17(20)25(24-22-16)13-6-10-14(26-2)11-7-13/h4-11H,3,20H2,1-2H3. The first kappa shape index (κ1) is 17.5. The first-order chi connectivity index (χ1) is 13.7. The number of ether oxygens (including phenoxy) is 2. The summed E-state index contributed by atoms with van der Waals surface area (Å²) in [6.45, 7) is 2.54. The summed E-state index contributed by atoms with van der Waals surface area (Å²) in [6.07, 6.45) is 0. The third-order valence-electron chi connectivity index (χ3n) is 4.07. The molecule has 0 saturated heterocycles. The van der Waals surface area contributed by atoms with Crippen molar-refractivity contribution < 1.29 is 14.0 Å². The summed E-state index contributed by atoms with van der Waals surface area (Å²) in [4.78, 5) is 4.39. The average Bonchev–Trinajstić information content (AvgIpc) is 3.36. The van der Waals surface area contributed by atoms with E-state index in [0.29, 0.717) is 23.9 Å². The second-order valence-electron chi connectivity index (χ2n) is 5.81. The Labute approximate surface area is 160 Å². The minimum atomic E-state index is 0.196. The van der Waals surface area contributed by atoms with E-state index in [1.54, 1.807) is 7.11 Å². The minimum absolute atomic E-state index is 0.196. The molecule has 2 heterocycles. The molecule has 2 aromatic heterocycles. The highest BCUT2D eigenvalue weighted by Gasteiger charge is 2.20. The van der Waals surface area contributed by atoms with E-state index in [1.807, 2.05) is 55.5 Å². The molecule has 0 spiro atoms. The van der Waals surface area contributed by atoms with Crippen LogP contribution in [0.1, 0.15) is 6.92 Å². The molecular weight excluding hydrogens is 360 g/mol. The van der Waals surface area contributed by atoms with Crippen LogP contribution in [0, 0.1) is 0 Å². The molecule has 0 amide bonds. The van der Waals surface area contributed by atoms with Crippen molar-refractivity contribution in [2.75, 3.05) is 19.5 Å². The fourth-order valence-electron chi connectivity index (χ4n) is 2.66. The van der Waals surface area contributed by atoms with Gasteiger partial charge in [0.1, 0.15) is 11.5 Å². The van der Waals surface area contributed by atoms with Crippen LogP contribution in [0.2, 0.25) is 0 Å². The number of aromatic nitrogens is 5. The van der Waals surface area contributed by atoms with E-state index >= 15 is 0 Å². The molecule has 4 aromatic rings. The fourth-order valence-corrected chi connectivity index (χ4v) is 2.66. The van der Waals surface area contributed by atoms with E-state index in [1.165, 1.54) is 4.68 Å². The molecule has 0 unspecified atom stereocenters. The second-order valence-corrected chi connectivity index (χ2v) is 5.81. The van der Waals surface area contributed by atoms with Crippen LogP contribution < -0.4 is 15.2 Å². The van der Waals surface area contributed by atoms with Gasteiger partial charge in [0.2, 0.25) is 5.82 Å². The molecule has 2 N–H and O–H groups in total. The molecule has 0 aliphatic heterocycles. The zero-order valence-corrected chi connectivity index (χ0v) is 15.4. The van der Waals surface area contributed by atoms with Crippen molar-refractivity contribution in [2.24, 2.45) is 0 Å². The Morgan fingerprint density at radius 3 is 2.43 bits per heavy atom. The lowest BCUT2D eigenvalue weighted by molar-refractivity contribution is 0.340. The van der Waals surface area contributed by atoms with Crippen LogP contribution in [0.25, 0.3) is 28.7 Å². The third-order valence-corrected chi connectivity index (χ3v) is 4.07. The molecule has 9 heteroatoms. The molecule has 9 nitrogen and oxygen atoms in total. The first-order valence-electron chi connectivity index (χ1n) is 8.62. The molecule has 0 atom stereocenters. The van der Waals surface area contributed by atoms with Crippen LogP contribution in [-0.2, 0) is 0 Å². The van der Waals surface area contributed by atoms with E-state index in [0.717, 1.165) is 22.7 Å². The molecule has 0 radical (unpaired) electrons. The predicted octanol–water partition coefficient (Wildman–Crippen LogP) is 2.97. The lowest BCUT2D eigenvalue weighted by atomic mass is 10.2. The monoisotopic (exact) mass is 378 g/mol. The van der Waals surface area contributed by atoms with Crippen LogP contribution in [0.15, 0.2) is 53.1 Å². The Kier molecular flexibility index (Phi) is 4.63. The van der Waals surface area contributed by atoms with E-state index in [2.05, 4.69) is 20.5 Å². The summed E-state index contributed by atoms with van der Waals surface area (Å²) >= 11 is 0. The summed E-state index contributed by atoms with van der Waals surface area (Å²) < 4.78 is 17.4. The van der Waals surface area contributed by atoms with Gasteiger partial charge in [-0.25, -0.2) is 0 Å². The maximum absolute atomic E-state index is 6.20. The molecule has 0 aliphatic rings. The van der Waals surface area contributed by atoms with Gasteiger partial charge in [-0.1, -0.05) is 10.4 Å². The maximum atomic E-state index is 6.20. The van der Waals surface area contributed by atoms with Gasteiger partial charge in [0, 0.05) is 5.56 Å². The highest BCUT2D eigenvalue weighted by molar-refractivity contribution is 5.66. The van der Waals surface area contributed by atoms with Gasteiger partial charge in [0.25, 0.3) is 5.89 Å². The van der Waals surface area contributed by atoms with Gasteiger partial charge in [-0.05, 0) is 55.5 Å². The second kappa shape index (κ2) is 7.39. The van der Waals surface area contributed by atoms with E-state index in [4.69, 9.17) is 19.7 Å². The van der Waals surface area contributed by atoms with Crippen molar-refractivity contribution in [2.45, 2.75) is 6.92 Å². The lowest BCUT2D eigenvalue weighted by Crippen LogP contribution is -2.02. The Morgan fingerprint density at radius 2 is 1.75 bits per heavy atom. The number of anilines is 1. The molecule has 4 rings (SSSR count). The average molecular weight is 378 g/mol. The number of methoxy groups -OCH3 is 1. The number of benzene rings is 2. The largest absolute Gasteiger partial charge is 0.497 e. The quantitative estimate of drug-likeness (QED) is 0.545. The van der Waals surface area contributed by atoms with Gasteiger partial charge >= 0.3 is 0 Å². The van der Waals surface area contributed by atoms with Crippen molar-refractivity contribution in [3.8, 4) is 40.2 Å². The molecular formula is C19H18N6O3. The maximum Gasteiger partial charge on any atom is 0.282 e. The summed E-state index contributed by atoms with van der Waals surface area (Å²) in [5.41, 5.74) is 8.05. The molecule has 28 heavy (non-hydrogen) atoms. The van der Waals surface area contributed by atoms with Crippen LogP contribution in [0.5, 0.6) is 11.5 Å². The van der Waals surface area contributed by atoms with Gasteiger partial charge in [0.05, 0.1) is 19.4 Å². The zero-order valence-electron chi connectivity index (χ0n) is 15.4. The summed E-state index contributed by atoms with van der Waals surface area (Å²) in [5, 5.41) is 12.2. The Balaban J connectivity index is 1.61. The number of hydrogen-bond acceptors (Lipinski definition) is 8. The normalized spacial score (nSPS) is 10.8. The van der Waals surface area contributed by atoms with Gasteiger partial charge in [0.15, 0.2) is 11.5 Å². The predicted molar refractivity (Wildman–Crippen MR) is 102 cm³/mol. The minimum Gasteiger partial charge on any atom is -0.497 e. The number of nitrogen functional groups attached to an aromatic ring is 1. The highest BCUT2D eigenvalue weighted by Crippen LogP contribution is 2.27. The van der Waals surface area contributed by atoms with Gasteiger partial charge in [-0.3, -0.25) is 0 Å². The van der Waals surface area contributed by atoms with E-state index in [9.17, 15) is 0 Å². The summed E-state index contributed by atoms with van der Waals surface area (Å²) in [6, 6.07) is 14.7. The molecule has 0 fully saturated rings. The van der Waals surface area contributed by atoms with E-state index in [-0.39, 0.29) is 5.89 Å². The van der Waals surface area contributed by atoms with Crippen molar-refractivity contribution in [1.29, 1.82) is 0 Å². The molecule has 2 aromatic carbocycles. The molecule has 142 valence electrons. The smallest absolute Gasteiger partial charge is 0.282 e. The molecule has 0 saturated carbocycles. The summed E-state index contributed by atoms with van der Waals surface area (Å²) in [5.74, 6) is 2.44.